The van der Waals surface area contributed by atoms with Crippen LogP contribution in [0.15, 0.2) is 30.3 Å². The standard InChI is InChI=1S/C16H24N2O2/c1-13-11-17(12-15-7-4-3-5-8-15)9-6-10-18(13)16(20)14(2)19/h3-5,7-8,13-14,19H,6,9-12H2,1-2H3/t13?,14-/m0/s1. The van der Waals surface area contributed by atoms with Crippen LogP contribution < -0.4 is 0 Å². The van der Waals surface area contributed by atoms with Crippen molar-refractivity contribution >= 4 is 5.91 Å². The van der Waals surface area contributed by atoms with Crippen LogP contribution in [0.5, 0.6) is 0 Å². The Hall–Kier alpha value is -1.39. The first-order valence-electron chi connectivity index (χ1n) is 7.32. The molecule has 1 heterocycles. The van der Waals surface area contributed by atoms with Crippen molar-refractivity contribution in [1.29, 1.82) is 0 Å². The molecule has 1 aromatic carbocycles. The van der Waals surface area contributed by atoms with Crippen LogP contribution in [0.3, 0.4) is 0 Å². The number of aliphatic hydroxyl groups excluding tert-OH is 1. The second-order valence-electron chi connectivity index (χ2n) is 5.63. The maximum atomic E-state index is 12.0. The van der Waals surface area contributed by atoms with Crippen molar-refractivity contribution in [3.05, 3.63) is 35.9 Å². The Balaban J connectivity index is 1.98. The molecule has 20 heavy (non-hydrogen) atoms. The number of amides is 1. The summed E-state index contributed by atoms with van der Waals surface area (Å²) in [5.74, 6) is -0.154. The van der Waals surface area contributed by atoms with E-state index in [-0.39, 0.29) is 11.9 Å². The Morgan fingerprint density at radius 2 is 2.05 bits per heavy atom. The van der Waals surface area contributed by atoms with Crippen LogP contribution >= 0.6 is 0 Å². The Morgan fingerprint density at radius 3 is 2.70 bits per heavy atom. The number of nitrogens with zero attached hydrogens (tertiary/aromatic N) is 2. The smallest absolute Gasteiger partial charge is 0.251 e. The van der Waals surface area contributed by atoms with E-state index in [9.17, 15) is 9.90 Å². The fraction of sp³-hybridized carbons (Fsp3) is 0.562. The van der Waals surface area contributed by atoms with E-state index in [0.29, 0.717) is 0 Å². The van der Waals surface area contributed by atoms with E-state index >= 15 is 0 Å². The number of rotatable bonds is 3. The van der Waals surface area contributed by atoms with Gasteiger partial charge in [0.15, 0.2) is 0 Å². The first-order chi connectivity index (χ1) is 9.58. The third-order valence-electron chi connectivity index (χ3n) is 3.82. The lowest BCUT2D eigenvalue weighted by Gasteiger charge is -2.30. The van der Waals surface area contributed by atoms with Gasteiger partial charge in [0.1, 0.15) is 6.10 Å². The van der Waals surface area contributed by atoms with E-state index < -0.39 is 6.10 Å². The highest BCUT2D eigenvalue weighted by Gasteiger charge is 2.27. The third-order valence-corrected chi connectivity index (χ3v) is 3.82. The van der Waals surface area contributed by atoms with Crippen LogP contribution in [0.4, 0.5) is 0 Å². The summed E-state index contributed by atoms with van der Waals surface area (Å²) in [6.45, 7) is 7.10. The molecule has 0 spiro atoms. The van der Waals surface area contributed by atoms with Crippen LogP contribution in [0.2, 0.25) is 0 Å². The highest BCUT2D eigenvalue weighted by molar-refractivity contribution is 5.80. The Bertz CT molecular complexity index is 433. The predicted octanol–water partition coefficient (Wildman–Crippen LogP) is 1.49. The largest absolute Gasteiger partial charge is 0.384 e. The number of hydrogen-bond donors (Lipinski definition) is 1. The lowest BCUT2D eigenvalue weighted by Crippen LogP contribution is -2.46. The molecule has 1 unspecified atom stereocenters. The second-order valence-corrected chi connectivity index (χ2v) is 5.63. The van der Waals surface area contributed by atoms with Gasteiger partial charge in [-0.25, -0.2) is 0 Å². The molecule has 110 valence electrons. The minimum atomic E-state index is -0.905. The van der Waals surface area contributed by atoms with Gasteiger partial charge in [0.25, 0.3) is 5.91 Å². The minimum absolute atomic E-state index is 0.142. The molecule has 2 rings (SSSR count). The van der Waals surface area contributed by atoms with Gasteiger partial charge in [0, 0.05) is 32.2 Å². The van der Waals surface area contributed by atoms with Crippen molar-refractivity contribution < 1.29 is 9.90 Å². The summed E-state index contributed by atoms with van der Waals surface area (Å²) in [5.41, 5.74) is 1.30. The molecule has 0 saturated carbocycles. The summed E-state index contributed by atoms with van der Waals surface area (Å²) in [6, 6.07) is 10.5. The van der Waals surface area contributed by atoms with Gasteiger partial charge in [-0.05, 0) is 25.8 Å². The fourth-order valence-corrected chi connectivity index (χ4v) is 2.80. The molecular weight excluding hydrogens is 252 g/mol. The van der Waals surface area contributed by atoms with Crippen molar-refractivity contribution in [2.45, 2.75) is 39.0 Å². The van der Waals surface area contributed by atoms with Crippen LogP contribution in [0.25, 0.3) is 0 Å². The average molecular weight is 276 g/mol. The first-order valence-corrected chi connectivity index (χ1v) is 7.32. The summed E-state index contributed by atoms with van der Waals surface area (Å²) in [7, 11) is 0. The molecule has 1 amide bonds. The van der Waals surface area contributed by atoms with E-state index in [1.807, 2.05) is 11.0 Å². The monoisotopic (exact) mass is 276 g/mol. The molecule has 0 aromatic heterocycles. The molecule has 1 aromatic rings. The maximum Gasteiger partial charge on any atom is 0.251 e. The third kappa shape index (κ3) is 3.81. The van der Waals surface area contributed by atoms with Gasteiger partial charge in [-0.2, -0.15) is 0 Å². The van der Waals surface area contributed by atoms with E-state index in [0.717, 1.165) is 32.6 Å². The molecule has 1 N–H and O–H groups in total. The normalized spacial score (nSPS) is 22.4. The number of benzene rings is 1. The molecule has 4 heteroatoms. The summed E-state index contributed by atoms with van der Waals surface area (Å²) < 4.78 is 0. The summed E-state index contributed by atoms with van der Waals surface area (Å²) in [6.07, 6.45) is 0.0495. The minimum Gasteiger partial charge on any atom is -0.384 e. The van der Waals surface area contributed by atoms with Gasteiger partial charge in [-0.3, -0.25) is 9.69 Å². The molecule has 1 fully saturated rings. The Morgan fingerprint density at radius 1 is 1.35 bits per heavy atom. The fourth-order valence-electron chi connectivity index (χ4n) is 2.80. The van der Waals surface area contributed by atoms with Crippen molar-refractivity contribution in [2.24, 2.45) is 0 Å². The van der Waals surface area contributed by atoms with Crippen LogP contribution in [-0.2, 0) is 11.3 Å². The topological polar surface area (TPSA) is 43.8 Å². The van der Waals surface area contributed by atoms with E-state index in [1.165, 1.54) is 5.56 Å². The van der Waals surface area contributed by atoms with Gasteiger partial charge in [-0.15, -0.1) is 0 Å². The lowest BCUT2D eigenvalue weighted by atomic mass is 10.2. The van der Waals surface area contributed by atoms with Crippen LogP contribution in [-0.4, -0.2) is 52.6 Å². The average Bonchev–Trinajstić information content (AvgIpc) is 2.60. The molecule has 1 aliphatic rings. The molecule has 0 radical (unpaired) electrons. The first kappa shape index (κ1) is 15.0. The van der Waals surface area contributed by atoms with Gasteiger partial charge in [0.05, 0.1) is 0 Å². The summed E-state index contributed by atoms with van der Waals surface area (Å²) in [5, 5.41) is 9.48. The molecular formula is C16H24N2O2. The number of carbonyl (C=O) groups is 1. The highest BCUT2D eigenvalue weighted by atomic mass is 16.3. The Labute approximate surface area is 121 Å². The van der Waals surface area contributed by atoms with Crippen molar-refractivity contribution in [3.63, 3.8) is 0 Å². The van der Waals surface area contributed by atoms with Crippen molar-refractivity contribution in [3.8, 4) is 0 Å². The molecule has 1 saturated heterocycles. The zero-order valence-electron chi connectivity index (χ0n) is 12.3. The predicted molar refractivity (Wildman–Crippen MR) is 79.2 cm³/mol. The molecule has 2 atom stereocenters. The second kappa shape index (κ2) is 6.86. The SMILES string of the molecule is CC1CN(Cc2ccccc2)CCCN1C(=O)[C@H](C)O. The van der Waals surface area contributed by atoms with Gasteiger partial charge < -0.3 is 10.0 Å². The van der Waals surface area contributed by atoms with Crippen LogP contribution in [0.1, 0.15) is 25.8 Å². The number of aliphatic hydroxyl groups is 1. The van der Waals surface area contributed by atoms with E-state index in [4.69, 9.17) is 0 Å². The quantitative estimate of drug-likeness (QED) is 0.909. The lowest BCUT2D eigenvalue weighted by molar-refractivity contribution is -0.141. The van der Waals surface area contributed by atoms with Gasteiger partial charge in [0.2, 0.25) is 0 Å². The summed E-state index contributed by atoms with van der Waals surface area (Å²) >= 11 is 0. The zero-order chi connectivity index (χ0) is 14.5. The van der Waals surface area contributed by atoms with E-state index in [2.05, 4.69) is 36.1 Å². The Kier molecular flexibility index (Phi) is 5.15. The summed E-state index contributed by atoms with van der Waals surface area (Å²) in [4.78, 5) is 16.2. The van der Waals surface area contributed by atoms with E-state index in [1.54, 1.807) is 6.92 Å². The van der Waals surface area contributed by atoms with Crippen molar-refractivity contribution in [2.75, 3.05) is 19.6 Å². The van der Waals surface area contributed by atoms with Crippen molar-refractivity contribution in [1.82, 2.24) is 9.80 Å². The highest BCUT2D eigenvalue weighted by Crippen LogP contribution is 2.14. The zero-order valence-corrected chi connectivity index (χ0v) is 12.3. The van der Waals surface area contributed by atoms with Crippen LogP contribution in [0, 0.1) is 0 Å². The number of hydrogen-bond acceptors (Lipinski definition) is 3. The van der Waals surface area contributed by atoms with Gasteiger partial charge >= 0.3 is 0 Å². The maximum absolute atomic E-state index is 12.0. The molecule has 0 aliphatic carbocycles. The molecule has 4 nitrogen and oxygen atoms in total. The number of carbonyl (C=O) groups excluding carboxylic acids is 1. The molecule has 1 aliphatic heterocycles. The molecule has 0 bridgehead atoms. The van der Waals surface area contributed by atoms with Gasteiger partial charge in [-0.1, -0.05) is 30.3 Å².